The van der Waals surface area contributed by atoms with Gasteiger partial charge in [0.15, 0.2) is 5.65 Å². The van der Waals surface area contributed by atoms with Crippen LogP contribution in [0.4, 0.5) is 8.78 Å². The predicted octanol–water partition coefficient (Wildman–Crippen LogP) is 4.18. The number of imidazole rings is 1. The van der Waals surface area contributed by atoms with Gasteiger partial charge in [-0.2, -0.15) is 5.10 Å². The van der Waals surface area contributed by atoms with Gasteiger partial charge in [-0.3, -0.25) is 0 Å². The summed E-state index contributed by atoms with van der Waals surface area (Å²) >= 11 is 1.36. The molecule has 0 radical (unpaired) electrons. The van der Waals surface area contributed by atoms with E-state index in [9.17, 15) is 13.9 Å². The Kier molecular flexibility index (Phi) is 3.57. The minimum absolute atomic E-state index is 0.101. The third-order valence-electron chi connectivity index (χ3n) is 5.13. The SMILES string of the molecule is Cc1cn2ncc(-c3ccc4cc(C5(O)CC(C(F)F)C5)sc4n3)cc2n1. The highest BCUT2D eigenvalue weighted by molar-refractivity contribution is 7.18. The number of halogens is 2. The van der Waals surface area contributed by atoms with Gasteiger partial charge in [-0.1, -0.05) is 0 Å². The maximum atomic E-state index is 12.8. The van der Waals surface area contributed by atoms with E-state index in [4.69, 9.17) is 0 Å². The van der Waals surface area contributed by atoms with Crippen molar-refractivity contribution >= 4 is 27.2 Å². The first-order valence-corrected chi connectivity index (χ1v) is 9.47. The molecule has 27 heavy (non-hydrogen) atoms. The molecule has 0 amide bonds. The molecule has 0 spiro atoms. The van der Waals surface area contributed by atoms with Gasteiger partial charge in [-0.05, 0) is 44.0 Å². The molecular weight excluding hydrogens is 370 g/mol. The van der Waals surface area contributed by atoms with E-state index >= 15 is 0 Å². The molecule has 5 nitrogen and oxygen atoms in total. The number of rotatable bonds is 3. The van der Waals surface area contributed by atoms with Crippen molar-refractivity contribution in [1.29, 1.82) is 0 Å². The Hall–Kier alpha value is -2.45. The largest absolute Gasteiger partial charge is 0.384 e. The maximum Gasteiger partial charge on any atom is 0.241 e. The molecule has 0 bridgehead atoms. The van der Waals surface area contributed by atoms with Crippen molar-refractivity contribution in [2.75, 3.05) is 0 Å². The molecule has 0 saturated heterocycles. The molecule has 0 unspecified atom stereocenters. The lowest BCUT2D eigenvalue weighted by molar-refractivity contribution is -0.124. The van der Waals surface area contributed by atoms with Crippen molar-refractivity contribution in [3.05, 3.63) is 47.2 Å². The molecule has 1 fully saturated rings. The summed E-state index contributed by atoms with van der Waals surface area (Å²) in [6.45, 7) is 1.91. The van der Waals surface area contributed by atoms with Crippen molar-refractivity contribution < 1.29 is 13.9 Å². The normalized spacial score (nSPS) is 22.6. The van der Waals surface area contributed by atoms with E-state index in [1.54, 1.807) is 10.7 Å². The first kappa shape index (κ1) is 16.7. The third-order valence-corrected chi connectivity index (χ3v) is 6.37. The minimum Gasteiger partial charge on any atom is -0.384 e. The van der Waals surface area contributed by atoms with Crippen molar-refractivity contribution in [2.45, 2.75) is 31.8 Å². The summed E-state index contributed by atoms with van der Waals surface area (Å²) in [5.41, 5.74) is 2.10. The number of hydrogen-bond donors (Lipinski definition) is 1. The average Bonchev–Trinajstić information content (AvgIpc) is 3.19. The average molecular weight is 386 g/mol. The standard InChI is InChI=1S/C19H16F2N4OS/c1-10-9-25-16(23-10)5-12(8-22-25)14-3-2-11-4-15(27-18(11)24-14)19(26)6-13(7-19)17(20)21/h2-5,8-9,13,17,26H,6-7H2,1H3. The molecule has 4 heterocycles. The van der Waals surface area contributed by atoms with Gasteiger partial charge in [-0.25, -0.2) is 23.3 Å². The molecule has 0 atom stereocenters. The van der Waals surface area contributed by atoms with Crippen LogP contribution in [0.1, 0.15) is 23.4 Å². The van der Waals surface area contributed by atoms with Crippen molar-refractivity contribution in [2.24, 2.45) is 5.92 Å². The highest BCUT2D eigenvalue weighted by atomic mass is 32.1. The van der Waals surface area contributed by atoms with Gasteiger partial charge in [0.25, 0.3) is 0 Å². The second-order valence-corrected chi connectivity index (χ2v) is 8.20. The number of alkyl halides is 2. The summed E-state index contributed by atoms with van der Waals surface area (Å²) in [6.07, 6.45) is 1.42. The van der Waals surface area contributed by atoms with Crippen molar-refractivity contribution in [3.8, 4) is 11.3 Å². The molecule has 4 aromatic heterocycles. The molecule has 1 saturated carbocycles. The Morgan fingerprint density at radius 2 is 2.07 bits per heavy atom. The predicted molar refractivity (Wildman–Crippen MR) is 99.0 cm³/mol. The number of aryl methyl sites for hydroxylation is 1. The number of thiophene rings is 1. The summed E-state index contributed by atoms with van der Waals surface area (Å²) in [5, 5.41) is 15.9. The minimum atomic E-state index is -2.38. The van der Waals surface area contributed by atoms with E-state index < -0.39 is 17.9 Å². The van der Waals surface area contributed by atoms with E-state index in [1.807, 2.05) is 37.4 Å². The smallest absolute Gasteiger partial charge is 0.241 e. The summed E-state index contributed by atoms with van der Waals surface area (Å²) in [7, 11) is 0. The summed E-state index contributed by atoms with van der Waals surface area (Å²) in [4.78, 5) is 10.6. The summed E-state index contributed by atoms with van der Waals surface area (Å²) in [6, 6.07) is 7.62. The van der Waals surface area contributed by atoms with E-state index in [0.717, 1.165) is 32.8 Å². The molecule has 0 aliphatic heterocycles. The second kappa shape index (κ2) is 5.77. The maximum absolute atomic E-state index is 12.8. The fourth-order valence-electron chi connectivity index (χ4n) is 3.63. The van der Waals surface area contributed by atoms with Gasteiger partial charge in [0, 0.05) is 21.7 Å². The molecule has 138 valence electrons. The lowest BCUT2D eigenvalue weighted by Gasteiger charge is -2.42. The number of pyridine rings is 1. The van der Waals surface area contributed by atoms with Crippen LogP contribution in [0.25, 0.3) is 27.1 Å². The van der Waals surface area contributed by atoms with Crippen LogP contribution in [0.3, 0.4) is 0 Å². The topological polar surface area (TPSA) is 63.3 Å². The fraction of sp³-hybridized carbons (Fsp3) is 0.316. The highest BCUT2D eigenvalue weighted by Gasteiger charge is 2.48. The molecule has 1 aliphatic rings. The molecule has 8 heteroatoms. The van der Waals surface area contributed by atoms with Gasteiger partial charge in [0.2, 0.25) is 6.43 Å². The van der Waals surface area contributed by atoms with Crippen LogP contribution >= 0.6 is 11.3 Å². The number of aromatic nitrogens is 4. The second-order valence-electron chi connectivity index (χ2n) is 7.17. The molecule has 5 rings (SSSR count). The van der Waals surface area contributed by atoms with Crippen LogP contribution < -0.4 is 0 Å². The van der Waals surface area contributed by atoms with Gasteiger partial charge < -0.3 is 5.11 Å². The Bertz CT molecular complexity index is 1160. The van der Waals surface area contributed by atoms with Crippen LogP contribution in [-0.2, 0) is 5.60 Å². The molecule has 1 aliphatic carbocycles. The first-order chi connectivity index (χ1) is 12.9. The number of aliphatic hydroxyl groups is 1. The number of fused-ring (bicyclic) bond motifs is 2. The zero-order valence-electron chi connectivity index (χ0n) is 14.4. The Balaban J connectivity index is 1.50. The monoisotopic (exact) mass is 386 g/mol. The van der Waals surface area contributed by atoms with Crippen LogP contribution in [0.15, 0.2) is 36.7 Å². The Morgan fingerprint density at radius 1 is 1.26 bits per heavy atom. The third kappa shape index (κ3) is 2.71. The molecular formula is C19H16F2N4OS. The van der Waals surface area contributed by atoms with Crippen LogP contribution in [0.2, 0.25) is 0 Å². The Labute approximate surface area is 157 Å². The zero-order valence-corrected chi connectivity index (χ0v) is 15.2. The summed E-state index contributed by atoms with van der Waals surface area (Å²) in [5.74, 6) is -0.723. The first-order valence-electron chi connectivity index (χ1n) is 8.65. The number of hydrogen-bond acceptors (Lipinski definition) is 5. The van der Waals surface area contributed by atoms with E-state index in [2.05, 4.69) is 15.1 Å². The van der Waals surface area contributed by atoms with Crippen molar-refractivity contribution in [3.63, 3.8) is 0 Å². The van der Waals surface area contributed by atoms with E-state index in [1.165, 1.54) is 11.3 Å². The van der Waals surface area contributed by atoms with Crippen LogP contribution in [0.5, 0.6) is 0 Å². The van der Waals surface area contributed by atoms with Crippen LogP contribution in [-0.4, -0.2) is 31.1 Å². The molecule has 4 aromatic rings. The lowest BCUT2D eigenvalue weighted by Crippen LogP contribution is -2.43. The lowest BCUT2D eigenvalue weighted by atomic mass is 9.70. The number of nitrogens with zero attached hydrogens (tertiary/aromatic N) is 4. The summed E-state index contributed by atoms with van der Waals surface area (Å²) < 4.78 is 27.2. The quantitative estimate of drug-likeness (QED) is 0.574. The fourth-order valence-corrected chi connectivity index (χ4v) is 4.77. The van der Waals surface area contributed by atoms with Crippen LogP contribution in [0, 0.1) is 12.8 Å². The van der Waals surface area contributed by atoms with Gasteiger partial charge in [-0.15, -0.1) is 11.3 Å². The zero-order chi connectivity index (χ0) is 18.8. The van der Waals surface area contributed by atoms with E-state index in [0.29, 0.717) is 4.88 Å². The van der Waals surface area contributed by atoms with E-state index in [-0.39, 0.29) is 12.8 Å². The van der Waals surface area contributed by atoms with Crippen molar-refractivity contribution in [1.82, 2.24) is 19.6 Å². The van der Waals surface area contributed by atoms with Gasteiger partial charge in [0.1, 0.15) is 4.83 Å². The molecule has 1 N–H and O–H groups in total. The Morgan fingerprint density at radius 3 is 2.85 bits per heavy atom. The van der Waals surface area contributed by atoms with Gasteiger partial charge >= 0.3 is 0 Å². The molecule has 0 aromatic carbocycles. The highest BCUT2D eigenvalue weighted by Crippen LogP contribution is 2.50. The van der Waals surface area contributed by atoms with Gasteiger partial charge in [0.05, 0.1) is 29.4 Å².